The summed E-state index contributed by atoms with van der Waals surface area (Å²) in [7, 11) is 0. The molecule has 0 saturated heterocycles. The standard InChI is InChI=1S/C24H33N3/c1-15-9-17(3)23(18(4)10-15)26-21(7)13-25-14-22(8)27-24-19(5)11-16(2)12-20(24)6/h9-12,25H,13-14H2,1-8H3. The van der Waals surface area contributed by atoms with Crippen LogP contribution in [0.2, 0.25) is 0 Å². The second-order valence-corrected chi connectivity index (χ2v) is 7.79. The molecule has 0 heterocycles. The number of hydrogen-bond acceptors (Lipinski definition) is 3. The highest BCUT2D eigenvalue weighted by Crippen LogP contribution is 2.26. The quantitative estimate of drug-likeness (QED) is 0.627. The third kappa shape index (κ3) is 5.86. The van der Waals surface area contributed by atoms with Gasteiger partial charge in [-0.2, -0.15) is 0 Å². The molecule has 0 aliphatic heterocycles. The van der Waals surface area contributed by atoms with Gasteiger partial charge in [-0.05, 0) is 77.6 Å². The molecular weight excluding hydrogens is 330 g/mol. The Bertz CT molecular complexity index is 769. The van der Waals surface area contributed by atoms with Crippen molar-refractivity contribution in [3.63, 3.8) is 0 Å². The Morgan fingerprint density at radius 1 is 0.630 bits per heavy atom. The molecule has 0 amide bonds. The fourth-order valence-electron chi connectivity index (χ4n) is 3.58. The Labute approximate surface area is 164 Å². The Hall–Kier alpha value is -2.26. The fraction of sp³-hybridized carbons (Fsp3) is 0.417. The van der Waals surface area contributed by atoms with Gasteiger partial charge in [0.15, 0.2) is 0 Å². The second-order valence-electron chi connectivity index (χ2n) is 7.79. The van der Waals surface area contributed by atoms with Crippen LogP contribution in [0.5, 0.6) is 0 Å². The normalized spacial score (nSPS) is 12.6. The van der Waals surface area contributed by atoms with E-state index in [4.69, 9.17) is 9.98 Å². The van der Waals surface area contributed by atoms with Crippen molar-refractivity contribution in [2.45, 2.75) is 55.4 Å². The minimum atomic E-state index is 0.755. The Kier molecular flexibility index (Phi) is 7.09. The third-order valence-corrected chi connectivity index (χ3v) is 4.64. The average molecular weight is 364 g/mol. The first-order valence-electron chi connectivity index (χ1n) is 9.62. The van der Waals surface area contributed by atoms with E-state index in [0.717, 1.165) is 35.9 Å². The van der Waals surface area contributed by atoms with E-state index in [9.17, 15) is 0 Å². The lowest BCUT2D eigenvalue weighted by Gasteiger charge is -2.10. The maximum absolute atomic E-state index is 4.83. The first kappa shape index (κ1) is 21.0. The Morgan fingerprint density at radius 3 is 1.22 bits per heavy atom. The van der Waals surface area contributed by atoms with Gasteiger partial charge >= 0.3 is 0 Å². The van der Waals surface area contributed by atoms with Crippen LogP contribution in [0.1, 0.15) is 47.2 Å². The van der Waals surface area contributed by atoms with Crippen molar-refractivity contribution in [2.75, 3.05) is 13.1 Å². The summed E-state index contributed by atoms with van der Waals surface area (Å²) in [4.78, 5) is 9.66. The zero-order valence-corrected chi connectivity index (χ0v) is 18.1. The molecule has 0 saturated carbocycles. The van der Waals surface area contributed by atoms with Gasteiger partial charge < -0.3 is 5.32 Å². The predicted octanol–water partition coefficient (Wildman–Crippen LogP) is 6.01. The molecule has 2 aromatic carbocycles. The number of nitrogens with one attached hydrogen (secondary N) is 1. The van der Waals surface area contributed by atoms with Crippen LogP contribution in [0.25, 0.3) is 0 Å². The fourth-order valence-corrected chi connectivity index (χ4v) is 3.58. The average Bonchev–Trinajstić information content (AvgIpc) is 2.54. The minimum absolute atomic E-state index is 0.755. The van der Waals surface area contributed by atoms with E-state index in [1.54, 1.807) is 0 Å². The van der Waals surface area contributed by atoms with Crippen molar-refractivity contribution in [1.29, 1.82) is 0 Å². The lowest BCUT2D eigenvalue weighted by molar-refractivity contribution is 0.881. The molecule has 2 rings (SSSR count). The summed E-state index contributed by atoms with van der Waals surface area (Å²) in [6.07, 6.45) is 0. The molecule has 144 valence electrons. The second kappa shape index (κ2) is 9.09. The molecular formula is C24H33N3. The van der Waals surface area contributed by atoms with Crippen molar-refractivity contribution >= 4 is 22.8 Å². The number of aryl methyl sites for hydroxylation is 6. The molecule has 1 N–H and O–H groups in total. The number of nitrogens with zero attached hydrogens (tertiary/aromatic N) is 2. The lowest BCUT2D eigenvalue weighted by Crippen LogP contribution is -2.26. The molecule has 0 aliphatic rings. The van der Waals surface area contributed by atoms with E-state index in [1.165, 1.54) is 33.4 Å². The summed E-state index contributed by atoms with van der Waals surface area (Å²) in [5.74, 6) is 0. The van der Waals surface area contributed by atoms with Crippen LogP contribution in [-0.2, 0) is 0 Å². The van der Waals surface area contributed by atoms with Gasteiger partial charge in [-0.15, -0.1) is 0 Å². The summed E-state index contributed by atoms with van der Waals surface area (Å²) in [5, 5.41) is 3.46. The molecule has 0 spiro atoms. The van der Waals surface area contributed by atoms with Gasteiger partial charge in [0, 0.05) is 24.5 Å². The van der Waals surface area contributed by atoms with E-state index < -0.39 is 0 Å². The zero-order chi connectivity index (χ0) is 20.1. The Balaban J connectivity index is 2.02. The van der Waals surface area contributed by atoms with E-state index in [2.05, 4.69) is 85.0 Å². The van der Waals surface area contributed by atoms with Gasteiger partial charge in [0.25, 0.3) is 0 Å². The van der Waals surface area contributed by atoms with E-state index >= 15 is 0 Å². The summed E-state index contributed by atoms with van der Waals surface area (Å²) in [6.45, 7) is 18.4. The molecule has 0 bridgehead atoms. The van der Waals surface area contributed by atoms with Gasteiger partial charge in [-0.1, -0.05) is 35.4 Å². The topological polar surface area (TPSA) is 36.8 Å². The molecule has 3 heteroatoms. The monoisotopic (exact) mass is 363 g/mol. The molecule has 2 aromatic rings. The van der Waals surface area contributed by atoms with Gasteiger partial charge in [0.2, 0.25) is 0 Å². The van der Waals surface area contributed by atoms with Crippen LogP contribution < -0.4 is 5.32 Å². The van der Waals surface area contributed by atoms with Crippen LogP contribution in [0.3, 0.4) is 0 Å². The number of hydrogen-bond donors (Lipinski definition) is 1. The summed E-state index contributed by atoms with van der Waals surface area (Å²) < 4.78 is 0. The number of rotatable bonds is 6. The molecule has 0 aliphatic carbocycles. The van der Waals surface area contributed by atoms with Crippen LogP contribution in [0, 0.1) is 41.5 Å². The molecule has 0 radical (unpaired) electrons. The van der Waals surface area contributed by atoms with E-state index in [-0.39, 0.29) is 0 Å². The van der Waals surface area contributed by atoms with Crippen LogP contribution in [0.4, 0.5) is 11.4 Å². The van der Waals surface area contributed by atoms with Crippen molar-refractivity contribution < 1.29 is 0 Å². The van der Waals surface area contributed by atoms with E-state index in [1.807, 2.05) is 0 Å². The maximum Gasteiger partial charge on any atom is 0.0687 e. The largest absolute Gasteiger partial charge is 0.306 e. The SMILES string of the molecule is CC(CNCC(C)=Nc1c(C)cc(C)cc1C)=Nc1c(C)cc(C)cc1C. The first-order valence-corrected chi connectivity index (χ1v) is 9.62. The Morgan fingerprint density at radius 2 is 0.926 bits per heavy atom. The van der Waals surface area contributed by atoms with Crippen molar-refractivity contribution in [1.82, 2.24) is 5.32 Å². The van der Waals surface area contributed by atoms with Crippen molar-refractivity contribution in [3.8, 4) is 0 Å². The molecule has 0 fully saturated rings. The highest BCUT2D eigenvalue weighted by molar-refractivity contribution is 5.90. The minimum Gasteiger partial charge on any atom is -0.306 e. The van der Waals surface area contributed by atoms with Gasteiger partial charge in [0.05, 0.1) is 11.4 Å². The zero-order valence-electron chi connectivity index (χ0n) is 18.1. The van der Waals surface area contributed by atoms with Crippen LogP contribution >= 0.6 is 0 Å². The molecule has 27 heavy (non-hydrogen) atoms. The van der Waals surface area contributed by atoms with Crippen LogP contribution in [-0.4, -0.2) is 24.5 Å². The van der Waals surface area contributed by atoms with Gasteiger partial charge in [-0.3, -0.25) is 9.98 Å². The smallest absolute Gasteiger partial charge is 0.0687 e. The molecule has 0 atom stereocenters. The third-order valence-electron chi connectivity index (χ3n) is 4.64. The summed E-state index contributed by atoms with van der Waals surface area (Å²) in [6, 6.07) is 8.76. The molecule has 0 aromatic heterocycles. The van der Waals surface area contributed by atoms with Crippen molar-refractivity contribution in [2.24, 2.45) is 9.98 Å². The van der Waals surface area contributed by atoms with Crippen molar-refractivity contribution in [3.05, 3.63) is 57.6 Å². The van der Waals surface area contributed by atoms with Crippen LogP contribution in [0.15, 0.2) is 34.3 Å². The van der Waals surface area contributed by atoms with Gasteiger partial charge in [0.1, 0.15) is 0 Å². The summed E-state index contributed by atoms with van der Waals surface area (Å²) in [5.41, 5.74) is 11.9. The lowest BCUT2D eigenvalue weighted by atomic mass is 10.1. The first-order chi connectivity index (χ1) is 12.7. The summed E-state index contributed by atoms with van der Waals surface area (Å²) >= 11 is 0. The highest BCUT2D eigenvalue weighted by Gasteiger charge is 2.05. The highest BCUT2D eigenvalue weighted by atomic mass is 14.9. The maximum atomic E-state index is 4.83. The molecule has 0 unspecified atom stereocenters. The molecule has 3 nitrogen and oxygen atoms in total. The predicted molar refractivity (Wildman–Crippen MR) is 120 cm³/mol. The number of aliphatic imine (C=N–C) groups is 2. The number of benzene rings is 2. The van der Waals surface area contributed by atoms with E-state index in [0.29, 0.717) is 0 Å². The van der Waals surface area contributed by atoms with Gasteiger partial charge in [-0.25, -0.2) is 0 Å².